The molecule has 2 heterocycles. The van der Waals surface area contributed by atoms with Crippen molar-refractivity contribution in [1.82, 2.24) is 10.1 Å². The minimum atomic E-state index is -0.537. The lowest BCUT2D eigenvalue weighted by atomic mass is 9.99. The average molecular weight is 390 g/mol. The Morgan fingerprint density at radius 1 is 1.14 bits per heavy atom. The van der Waals surface area contributed by atoms with E-state index < -0.39 is 11.6 Å². The lowest BCUT2D eigenvalue weighted by Crippen LogP contribution is -2.34. The lowest BCUT2D eigenvalue weighted by molar-refractivity contribution is -0.122. The van der Waals surface area contributed by atoms with Crippen molar-refractivity contribution in [3.8, 4) is 17.2 Å². The maximum atomic E-state index is 12.6. The molecule has 29 heavy (non-hydrogen) atoms. The van der Waals surface area contributed by atoms with Crippen LogP contribution in [0, 0.1) is 0 Å². The van der Waals surface area contributed by atoms with Gasteiger partial charge < -0.3 is 20.3 Å². The second-order valence-corrected chi connectivity index (χ2v) is 7.77. The first kappa shape index (κ1) is 17.9. The van der Waals surface area contributed by atoms with Gasteiger partial charge in [-0.2, -0.15) is 4.98 Å². The number of hydrogen-bond donors (Lipinski definition) is 2. The van der Waals surface area contributed by atoms with Gasteiger partial charge in [0.15, 0.2) is 11.9 Å². The average Bonchev–Trinajstić information content (AvgIpc) is 3.47. The highest BCUT2D eigenvalue weighted by molar-refractivity contribution is 5.95. The molecule has 7 heteroatoms. The number of hydrogen-bond acceptors (Lipinski definition) is 6. The van der Waals surface area contributed by atoms with Crippen molar-refractivity contribution in [3.63, 3.8) is 0 Å². The van der Waals surface area contributed by atoms with Gasteiger partial charge in [0.25, 0.3) is 11.8 Å². The van der Waals surface area contributed by atoms with Crippen molar-refractivity contribution in [2.45, 2.75) is 43.7 Å². The number of nitrogens with one attached hydrogen (secondary N) is 1. The van der Waals surface area contributed by atoms with Gasteiger partial charge in [0.05, 0.1) is 5.54 Å². The summed E-state index contributed by atoms with van der Waals surface area (Å²) in [5, 5.41) is 7.02. The molecule has 0 saturated heterocycles. The molecule has 2 aliphatic rings. The summed E-state index contributed by atoms with van der Waals surface area (Å²) in [4.78, 5) is 17.2. The summed E-state index contributed by atoms with van der Waals surface area (Å²) in [7, 11) is 0. The van der Waals surface area contributed by atoms with Crippen LogP contribution in [0.4, 0.5) is 5.69 Å². The predicted molar refractivity (Wildman–Crippen MR) is 107 cm³/mol. The second-order valence-electron chi connectivity index (χ2n) is 7.77. The Bertz CT molecular complexity index is 1030. The monoisotopic (exact) mass is 390 g/mol. The Morgan fingerprint density at radius 2 is 1.97 bits per heavy atom. The molecule has 1 aliphatic heterocycles. The zero-order chi connectivity index (χ0) is 19.8. The molecule has 1 unspecified atom stereocenters. The van der Waals surface area contributed by atoms with Gasteiger partial charge in [-0.3, -0.25) is 4.79 Å². The molecule has 0 spiro atoms. The molecule has 1 amide bonds. The third kappa shape index (κ3) is 3.38. The third-order valence-electron chi connectivity index (χ3n) is 5.68. The van der Waals surface area contributed by atoms with Crippen LogP contribution in [-0.2, 0) is 16.8 Å². The van der Waals surface area contributed by atoms with E-state index in [0.29, 0.717) is 23.8 Å². The summed E-state index contributed by atoms with van der Waals surface area (Å²) in [6, 6.07) is 15.0. The van der Waals surface area contributed by atoms with Crippen molar-refractivity contribution in [2.24, 2.45) is 5.73 Å². The molecular formula is C22H22N4O3. The molecule has 1 saturated carbocycles. The van der Waals surface area contributed by atoms with E-state index in [-0.39, 0.29) is 5.91 Å². The maximum Gasteiger partial charge on any atom is 0.265 e. The van der Waals surface area contributed by atoms with E-state index in [1.807, 2.05) is 48.5 Å². The first-order valence-electron chi connectivity index (χ1n) is 9.90. The van der Waals surface area contributed by atoms with Crippen LogP contribution in [0.2, 0.25) is 0 Å². The Morgan fingerprint density at radius 3 is 2.79 bits per heavy atom. The number of nitrogens with two attached hydrogens (primary N) is 1. The highest BCUT2D eigenvalue weighted by Crippen LogP contribution is 2.35. The van der Waals surface area contributed by atoms with Crippen LogP contribution in [-0.4, -0.2) is 22.2 Å². The summed E-state index contributed by atoms with van der Waals surface area (Å²) in [6.07, 6.45) is 3.92. The second kappa shape index (κ2) is 7.00. The summed E-state index contributed by atoms with van der Waals surface area (Å²) in [6.45, 7) is 0. The summed E-state index contributed by atoms with van der Waals surface area (Å²) >= 11 is 0. The number of ether oxygens (including phenoxy) is 1. The molecule has 2 aromatic carbocycles. The zero-order valence-electron chi connectivity index (χ0n) is 15.9. The van der Waals surface area contributed by atoms with E-state index >= 15 is 0 Å². The van der Waals surface area contributed by atoms with Crippen molar-refractivity contribution >= 4 is 11.6 Å². The fourth-order valence-corrected chi connectivity index (χ4v) is 4.05. The number of carbonyl (C=O) groups excluding carboxylic acids is 1. The smallest absolute Gasteiger partial charge is 0.265 e. The van der Waals surface area contributed by atoms with E-state index in [2.05, 4.69) is 15.5 Å². The van der Waals surface area contributed by atoms with Crippen LogP contribution in [0.1, 0.15) is 37.1 Å². The molecule has 3 N–H and O–H groups in total. The van der Waals surface area contributed by atoms with Crippen LogP contribution < -0.4 is 15.8 Å². The topological polar surface area (TPSA) is 103 Å². The van der Waals surface area contributed by atoms with Crippen LogP contribution in [0.15, 0.2) is 53.1 Å². The quantitative estimate of drug-likeness (QED) is 0.708. The molecule has 148 valence electrons. The number of benzene rings is 2. The van der Waals surface area contributed by atoms with Gasteiger partial charge in [-0.15, -0.1) is 0 Å². The number of fused-ring (bicyclic) bond motifs is 1. The number of para-hydroxylation sites is 1. The van der Waals surface area contributed by atoms with Gasteiger partial charge in [0, 0.05) is 17.7 Å². The molecule has 3 aromatic rings. The van der Waals surface area contributed by atoms with Gasteiger partial charge in [-0.25, -0.2) is 0 Å². The molecular weight excluding hydrogens is 368 g/mol. The first-order chi connectivity index (χ1) is 14.1. The molecule has 0 bridgehead atoms. The van der Waals surface area contributed by atoms with E-state index in [9.17, 15) is 4.79 Å². The fraction of sp³-hybridized carbons (Fsp3) is 0.318. The Balaban J connectivity index is 1.31. The molecule has 1 atom stereocenters. The maximum absolute atomic E-state index is 12.6. The van der Waals surface area contributed by atoms with Crippen LogP contribution in [0.25, 0.3) is 11.5 Å². The number of carbonyl (C=O) groups is 1. The normalized spacial score (nSPS) is 19.6. The van der Waals surface area contributed by atoms with Crippen molar-refractivity contribution in [3.05, 3.63) is 59.9 Å². The van der Waals surface area contributed by atoms with Crippen molar-refractivity contribution in [1.29, 1.82) is 0 Å². The van der Waals surface area contributed by atoms with E-state index in [1.165, 1.54) is 0 Å². The van der Waals surface area contributed by atoms with Crippen LogP contribution in [0.5, 0.6) is 5.75 Å². The SMILES string of the molecule is NC1(c2noc(-c3cccc(NC(=O)C4Cc5ccccc5O4)c3)n2)CCCC1. The third-order valence-corrected chi connectivity index (χ3v) is 5.68. The number of nitrogens with zero attached hydrogens (tertiary/aromatic N) is 2. The van der Waals surface area contributed by atoms with Crippen molar-refractivity contribution < 1.29 is 14.1 Å². The van der Waals surface area contributed by atoms with E-state index in [1.54, 1.807) is 0 Å². The van der Waals surface area contributed by atoms with Crippen LogP contribution in [0.3, 0.4) is 0 Å². The highest BCUT2D eigenvalue weighted by Gasteiger charge is 2.36. The van der Waals surface area contributed by atoms with Gasteiger partial charge >= 0.3 is 0 Å². The minimum Gasteiger partial charge on any atom is -0.480 e. The van der Waals surface area contributed by atoms with Gasteiger partial charge in [-0.1, -0.05) is 42.3 Å². The number of aromatic nitrogens is 2. The lowest BCUT2D eigenvalue weighted by Gasteiger charge is -2.17. The molecule has 1 aliphatic carbocycles. The van der Waals surface area contributed by atoms with E-state index in [4.69, 9.17) is 15.0 Å². The van der Waals surface area contributed by atoms with E-state index in [0.717, 1.165) is 42.6 Å². The molecule has 7 nitrogen and oxygen atoms in total. The Hall–Kier alpha value is -3.19. The minimum absolute atomic E-state index is 0.184. The Labute approximate surface area is 168 Å². The molecule has 1 aromatic heterocycles. The highest BCUT2D eigenvalue weighted by atomic mass is 16.5. The largest absolute Gasteiger partial charge is 0.480 e. The van der Waals surface area contributed by atoms with Crippen LogP contribution >= 0.6 is 0 Å². The zero-order valence-corrected chi connectivity index (χ0v) is 15.9. The van der Waals surface area contributed by atoms with Gasteiger partial charge in [0.1, 0.15) is 5.75 Å². The molecule has 1 fully saturated rings. The standard InChI is InChI=1S/C22H22N4O3/c23-22(10-3-4-11-22)21-25-20(29-26-21)15-7-5-8-16(12-15)24-19(27)18-13-14-6-1-2-9-17(14)28-18/h1-2,5-9,12,18H,3-4,10-11,13,23H2,(H,24,27). The van der Waals surface area contributed by atoms with Gasteiger partial charge in [0.2, 0.25) is 0 Å². The molecule has 5 rings (SSSR count). The van der Waals surface area contributed by atoms with Crippen molar-refractivity contribution in [2.75, 3.05) is 5.32 Å². The number of anilines is 1. The fourth-order valence-electron chi connectivity index (χ4n) is 4.05. The van der Waals surface area contributed by atoms with Gasteiger partial charge in [-0.05, 0) is 42.7 Å². The number of amides is 1. The first-order valence-corrected chi connectivity index (χ1v) is 9.90. The summed E-state index contributed by atoms with van der Waals surface area (Å²) in [5.74, 6) is 1.53. The molecule has 0 radical (unpaired) electrons. The summed E-state index contributed by atoms with van der Waals surface area (Å²) < 4.78 is 11.2. The predicted octanol–water partition coefficient (Wildman–Crippen LogP) is 3.41. The number of rotatable bonds is 4. The summed E-state index contributed by atoms with van der Waals surface area (Å²) in [5.41, 5.74) is 8.35. The Kier molecular flexibility index (Phi) is 4.32.